The molecule has 0 aromatic heterocycles. The second-order valence-corrected chi connectivity index (χ2v) is 7.12. The van der Waals surface area contributed by atoms with Gasteiger partial charge in [-0.2, -0.15) is 5.26 Å². The van der Waals surface area contributed by atoms with Gasteiger partial charge < -0.3 is 0 Å². The Labute approximate surface area is 111 Å². The highest BCUT2D eigenvalue weighted by molar-refractivity contribution is 5.16. The summed E-state index contributed by atoms with van der Waals surface area (Å²) in [7, 11) is 0. The summed E-state index contributed by atoms with van der Waals surface area (Å²) in [6, 6.07) is 3.84. The third-order valence-electron chi connectivity index (χ3n) is 5.17. The molecule has 2 aliphatic carbocycles. The lowest BCUT2D eigenvalue weighted by Crippen LogP contribution is -2.48. The Morgan fingerprint density at radius 2 is 2.00 bits per heavy atom. The van der Waals surface area contributed by atoms with Gasteiger partial charge in [0, 0.05) is 17.6 Å². The van der Waals surface area contributed by atoms with Crippen molar-refractivity contribution < 1.29 is 0 Å². The van der Waals surface area contributed by atoms with Crippen LogP contribution in [0.25, 0.3) is 0 Å². The first-order valence-corrected chi connectivity index (χ1v) is 7.50. The first-order chi connectivity index (χ1) is 8.55. The molecule has 3 fully saturated rings. The van der Waals surface area contributed by atoms with Crippen LogP contribution in [0.2, 0.25) is 0 Å². The number of likely N-dealkylation sites (tertiary alicyclic amines) is 1. The van der Waals surface area contributed by atoms with Gasteiger partial charge in [0.1, 0.15) is 5.54 Å². The molecule has 0 radical (unpaired) electrons. The van der Waals surface area contributed by atoms with Crippen molar-refractivity contribution in [2.75, 3.05) is 6.54 Å². The third kappa shape index (κ3) is 2.17. The highest BCUT2D eigenvalue weighted by atomic mass is 15.2. The Hall–Kier alpha value is -0.590. The Morgan fingerprint density at radius 1 is 1.22 bits per heavy atom. The highest BCUT2D eigenvalue weighted by Gasteiger charge is 2.47. The fourth-order valence-corrected chi connectivity index (χ4v) is 3.97. The molecule has 0 aromatic rings. The van der Waals surface area contributed by atoms with Crippen LogP contribution in [0.15, 0.2) is 0 Å². The minimum absolute atomic E-state index is 0.218. The van der Waals surface area contributed by atoms with Crippen LogP contribution < -0.4 is 5.32 Å². The van der Waals surface area contributed by atoms with Gasteiger partial charge in [0.15, 0.2) is 0 Å². The molecular formula is C15H25N3. The molecule has 1 aliphatic heterocycles. The lowest BCUT2D eigenvalue weighted by molar-refractivity contribution is 0.114. The smallest absolute Gasteiger partial charge is 0.108 e. The number of rotatable bonds is 3. The first-order valence-electron chi connectivity index (χ1n) is 7.50. The zero-order chi connectivity index (χ0) is 12.8. The van der Waals surface area contributed by atoms with E-state index in [2.05, 4.69) is 30.1 Å². The molecule has 3 heteroatoms. The van der Waals surface area contributed by atoms with Gasteiger partial charge in [-0.1, -0.05) is 0 Å². The zero-order valence-corrected chi connectivity index (χ0v) is 11.7. The number of nitrogens with one attached hydrogen (secondary N) is 1. The van der Waals surface area contributed by atoms with Crippen LogP contribution in [-0.4, -0.2) is 34.6 Å². The summed E-state index contributed by atoms with van der Waals surface area (Å²) in [5, 5.41) is 13.2. The van der Waals surface area contributed by atoms with E-state index in [4.69, 9.17) is 0 Å². The largest absolute Gasteiger partial charge is 0.297 e. The predicted octanol–water partition coefficient (Wildman–Crippen LogP) is 2.43. The third-order valence-corrected chi connectivity index (χ3v) is 5.17. The van der Waals surface area contributed by atoms with E-state index in [1.165, 1.54) is 38.6 Å². The number of hydrogen-bond donors (Lipinski definition) is 1. The van der Waals surface area contributed by atoms with Gasteiger partial charge >= 0.3 is 0 Å². The number of nitriles is 1. The minimum Gasteiger partial charge on any atom is -0.297 e. The van der Waals surface area contributed by atoms with E-state index in [0.29, 0.717) is 17.6 Å². The van der Waals surface area contributed by atoms with Gasteiger partial charge in [0.2, 0.25) is 0 Å². The fraction of sp³-hybridized carbons (Fsp3) is 0.933. The maximum Gasteiger partial charge on any atom is 0.108 e. The van der Waals surface area contributed by atoms with Crippen molar-refractivity contribution in [3.05, 3.63) is 0 Å². The molecule has 0 bridgehead atoms. The standard InChI is InChI=1S/C15H25N3/c1-14(2)7-3-9-18(14)13-6-8-15(10-13,11-16)17-12-4-5-12/h12-13,17H,3-10H2,1-2H3. The molecule has 0 amide bonds. The van der Waals surface area contributed by atoms with E-state index < -0.39 is 0 Å². The highest BCUT2D eigenvalue weighted by Crippen LogP contribution is 2.41. The molecule has 3 nitrogen and oxygen atoms in total. The quantitative estimate of drug-likeness (QED) is 0.832. The Morgan fingerprint density at radius 3 is 2.56 bits per heavy atom. The lowest BCUT2D eigenvalue weighted by Gasteiger charge is -2.37. The van der Waals surface area contributed by atoms with Gasteiger partial charge in [-0.25, -0.2) is 0 Å². The summed E-state index contributed by atoms with van der Waals surface area (Å²) >= 11 is 0. The SMILES string of the molecule is CC1(C)CCCN1C1CCC(C#N)(NC2CC2)C1. The topological polar surface area (TPSA) is 39.1 Å². The van der Waals surface area contributed by atoms with Crippen LogP contribution in [-0.2, 0) is 0 Å². The molecule has 1 saturated heterocycles. The molecular weight excluding hydrogens is 222 g/mol. The molecule has 2 unspecified atom stereocenters. The molecule has 3 rings (SSSR count). The minimum atomic E-state index is -0.218. The van der Waals surface area contributed by atoms with Gasteiger partial charge in [0.25, 0.3) is 0 Å². The second-order valence-electron chi connectivity index (χ2n) is 7.12. The molecule has 18 heavy (non-hydrogen) atoms. The number of nitrogens with zero attached hydrogens (tertiary/aromatic N) is 2. The van der Waals surface area contributed by atoms with E-state index in [9.17, 15) is 5.26 Å². The summed E-state index contributed by atoms with van der Waals surface area (Å²) in [4.78, 5) is 2.67. The first kappa shape index (κ1) is 12.4. The maximum absolute atomic E-state index is 9.55. The van der Waals surface area contributed by atoms with Crippen molar-refractivity contribution in [3.8, 4) is 6.07 Å². The Bertz CT molecular complexity index is 366. The van der Waals surface area contributed by atoms with Gasteiger partial charge in [-0.05, 0) is 65.3 Å². The zero-order valence-electron chi connectivity index (χ0n) is 11.7. The molecule has 1 heterocycles. The molecule has 1 N–H and O–H groups in total. The molecule has 100 valence electrons. The summed E-state index contributed by atoms with van der Waals surface area (Å²) in [6.07, 6.45) is 8.42. The monoisotopic (exact) mass is 247 g/mol. The van der Waals surface area contributed by atoms with Crippen LogP contribution in [0, 0.1) is 11.3 Å². The van der Waals surface area contributed by atoms with Crippen molar-refractivity contribution in [2.24, 2.45) is 0 Å². The fourth-order valence-electron chi connectivity index (χ4n) is 3.97. The summed E-state index contributed by atoms with van der Waals surface area (Å²) < 4.78 is 0. The van der Waals surface area contributed by atoms with Crippen molar-refractivity contribution in [1.82, 2.24) is 10.2 Å². The predicted molar refractivity (Wildman–Crippen MR) is 72.2 cm³/mol. The van der Waals surface area contributed by atoms with Crippen molar-refractivity contribution in [2.45, 2.75) is 82.0 Å². The molecule has 0 aromatic carbocycles. The van der Waals surface area contributed by atoms with E-state index in [1.54, 1.807) is 0 Å². The average molecular weight is 247 g/mol. The lowest BCUT2D eigenvalue weighted by atomic mass is 9.97. The second kappa shape index (κ2) is 4.21. The summed E-state index contributed by atoms with van der Waals surface area (Å²) in [5.41, 5.74) is 0.125. The van der Waals surface area contributed by atoms with Crippen molar-refractivity contribution >= 4 is 0 Å². The average Bonchev–Trinajstić information content (AvgIpc) is 2.91. The van der Waals surface area contributed by atoms with Crippen LogP contribution in [0.5, 0.6) is 0 Å². The van der Waals surface area contributed by atoms with E-state index in [-0.39, 0.29) is 5.54 Å². The van der Waals surface area contributed by atoms with Gasteiger partial charge in [-0.3, -0.25) is 10.2 Å². The van der Waals surface area contributed by atoms with Gasteiger partial charge in [-0.15, -0.1) is 0 Å². The Kier molecular flexibility index (Phi) is 2.91. The van der Waals surface area contributed by atoms with E-state index in [1.807, 2.05) is 0 Å². The van der Waals surface area contributed by atoms with E-state index in [0.717, 1.165) is 12.8 Å². The van der Waals surface area contributed by atoms with Crippen LogP contribution in [0.4, 0.5) is 0 Å². The summed E-state index contributed by atoms with van der Waals surface area (Å²) in [5.74, 6) is 0. The van der Waals surface area contributed by atoms with Crippen molar-refractivity contribution in [3.63, 3.8) is 0 Å². The van der Waals surface area contributed by atoms with Crippen LogP contribution in [0.3, 0.4) is 0 Å². The molecule has 2 atom stereocenters. The maximum atomic E-state index is 9.55. The summed E-state index contributed by atoms with van der Waals surface area (Å²) in [6.45, 7) is 5.95. The van der Waals surface area contributed by atoms with Gasteiger partial charge in [0.05, 0.1) is 6.07 Å². The van der Waals surface area contributed by atoms with Crippen molar-refractivity contribution in [1.29, 1.82) is 5.26 Å². The number of hydrogen-bond acceptors (Lipinski definition) is 3. The Balaban J connectivity index is 1.68. The molecule has 0 spiro atoms. The normalized spacial score (nSPS) is 39.9. The molecule has 3 aliphatic rings. The van der Waals surface area contributed by atoms with Crippen LogP contribution >= 0.6 is 0 Å². The van der Waals surface area contributed by atoms with Crippen LogP contribution in [0.1, 0.15) is 58.8 Å². The van der Waals surface area contributed by atoms with E-state index >= 15 is 0 Å². The molecule has 2 saturated carbocycles.